The molecule has 0 spiro atoms. The van der Waals surface area contributed by atoms with E-state index in [1.165, 1.54) is 0 Å². The summed E-state index contributed by atoms with van der Waals surface area (Å²) in [6.45, 7) is 5.62. The molecular weight excluding hydrogens is 310 g/mol. The summed E-state index contributed by atoms with van der Waals surface area (Å²) in [5.74, 6) is 0.305. The fourth-order valence-electron chi connectivity index (χ4n) is 2.69. The van der Waals surface area contributed by atoms with Crippen LogP contribution in [0.4, 0.5) is 0 Å². The number of carboxylic acid groups (broad SMARTS) is 1. The Morgan fingerprint density at radius 2 is 1.92 bits per heavy atom. The average Bonchev–Trinajstić information content (AvgIpc) is 2.59. The van der Waals surface area contributed by atoms with Gasteiger partial charge in [-0.3, -0.25) is 9.59 Å². The third-order valence-corrected chi connectivity index (χ3v) is 4.11. The summed E-state index contributed by atoms with van der Waals surface area (Å²) in [5.41, 5.74) is 0.525. The second-order valence-corrected chi connectivity index (χ2v) is 6.48. The van der Waals surface area contributed by atoms with E-state index in [9.17, 15) is 9.59 Å². The van der Waals surface area contributed by atoms with Crippen LogP contribution >= 0.6 is 0 Å². The highest BCUT2D eigenvalue weighted by atomic mass is 16.5. The lowest BCUT2D eigenvalue weighted by atomic mass is 9.96. The van der Waals surface area contributed by atoms with Crippen LogP contribution in [0.2, 0.25) is 0 Å². The number of carbonyl (C=O) groups excluding carboxylic acids is 1. The van der Waals surface area contributed by atoms with E-state index in [1.807, 2.05) is 0 Å². The molecule has 0 radical (unpaired) electrons. The molecule has 1 saturated heterocycles. The van der Waals surface area contributed by atoms with Gasteiger partial charge in [0.1, 0.15) is 0 Å². The van der Waals surface area contributed by atoms with Gasteiger partial charge in [0, 0.05) is 18.7 Å². The number of nitrogens with zero attached hydrogens (tertiary/aromatic N) is 1. The van der Waals surface area contributed by atoms with Crippen LogP contribution in [-0.2, 0) is 4.79 Å². The number of amides is 1. The van der Waals surface area contributed by atoms with Crippen molar-refractivity contribution < 1.29 is 24.2 Å². The highest BCUT2D eigenvalue weighted by Crippen LogP contribution is 2.29. The Labute approximate surface area is 142 Å². The Hall–Kier alpha value is -2.24. The Balaban J connectivity index is 2.06. The number of piperidine rings is 1. The van der Waals surface area contributed by atoms with E-state index in [0.717, 1.165) is 0 Å². The van der Waals surface area contributed by atoms with Crippen molar-refractivity contribution in [2.75, 3.05) is 26.8 Å². The summed E-state index contributed by atoms with van der Waals surface area (Å²) in [5, 5.41) is 9.03. The van der Waals surface area contributed by atoms with Gasteiger partial charge < -0.3 is 19.5 Å². The Morgan fingerprint density at radius 3 is 2.46 bits per heavy atom. The van der Waals surface area contributed by atoms with Crippen LogP contribution in [0.3, 0.4) is 0 Å². The highest BCUT2D eigenvalue weighted by molar-refractivity contribution is 5.95. The highest BCUT2D eigenvalue weighted by Gasteiger charge is 2.27. The number of methoxy groups -OCH3 is 1. The van der Waals surface area contributed by atoms with Crippen molar-refractivity contribution in [1.82, 2.24) is 4.90 Å². The minimum absolute atomic E-state index is 0.104. The molecule has 0 atom stereocenters. The first-order valence-corrected chi connectivity index (χ1v) is 8.25. The van der Waals surface area contributed by atoms with Crippen molar-refractivity contribution in [3.8, 4) is 11.5 Å². The summed E-state index contributed by atoms with van der Waals surface area (Å²) in [4.78, 5) is 25.3. The van der Waals surface area contributed by atoms with Gasteiger partial charge in [-0.1, -0.05) is 13.8 Å². The maximum atomic E-state index is 12.6. The Bertz CT molecular complexity index is 591. The topological polar surface area (TPSA) is 76.1 Å². The molecule has 1 aliphatic rings. The second kappa shape index (κ2) is 8.04. The largest absolute Gasteiger partial charge is 0.493 e. The van der Waals surface area contributed by atoms with Crippen LogP contribution in [0.15, 0.2) is 18.2 Å². The molecule has 0 aliphatic carbocycles. The summed E-state index contributed by atoms with van der Waals surface area (Å²) in [6, 6.07) is 5.16. The van der Waals surface area contributed by atoms with Crippen LogP contribution in [0.5, 0.6) is 11.5 Å². The first-order valence-electron chi connectivity index (χ1n) is 8.25. The zero-order chi connectivity index (χ0) is 17.7. The molecule has 24 heavy (non-hydrogen) atoms. The third kappa shape index (κ3) is 4.40. The number of rotatable bonds is 6. The number of likely N-dealkylation sites (tertiary alicyclic amines) is 1. The molecule has 1 heterocycles. The molecule has 1 N–H and O–H groups in total. The molecule has 6 heteroatoms. The first-order chi connectivity index (χ1) is 11.4. The molecule has 1 aromatic carbocycles. The van der Waals surface area contributed by atoms with Gasteiger partial charge in [-0.15, -0.1) is 0 Å². The quantitative estimate of drug-likeness (QED) is 0.865. The first kappa shape index (κ1) is 18.1. The van der Waals surface area contributed by atoms with Gasteiger partial charge in [-0.05, 0) is 37.0 Å². The van der Waals surface area contributed by atoms with Gasteiger partial charge in [0.15, 0.2) is 11.5 Å². The monoisotopic (exact) mass is 335 g/mol. The fourth-order valence-corrected chi connectivity index (χ4v) is 2.69. The maximum Gasteiger partial charge on any atom is 0.306 e. The van der Waals surface area contributed by atoms with Crippen molar-refractivity contribution >= 4 is 11.9 Å². The molecule has 2 rings (SSSR count). The van der Waals surface area contributed by atoms with E-state index in [4.69, 9.17) is 14.6 Å². The molecule has 132 valence electrons. The Morgan fingerprint density at radius 1 is 1.25 bits per heavy atom. The molecular formula is C18H25NO5. The van der Waals surface area contributed by atoms with Crippen molar-refractivity contribution in [2.45, 2.75) is 26.7 Å². The number of benzene rings is 1. The Kier molecular flexibility index (Phi) is 6.06. The van der Waals surface area contributed by atoms with E-state index in [-0.39, 0.29) is 11.8 Å². The molecule has 1 fully saturated rings. The summed E-state index contributed by atoms with van der Waals surface area (Å²) in [6.07, 6.45) is 0.988. The molecule has 6 nitrogen and oxygen atoms in total. The lowest BCUT2D eigenvalue weighted by molar-refractivity contribution is -0.143. The normalized spacial score (nSPS) is 15.4. The second-order valence-electron chi connectivity index (χ2n) is 6.48. The lowest BCUT2D eigenvalue weighted by Gasteiger charge is -2.30. The van der Waals surface area contributed by atoms with Crippen molar-refractivity contribution in [2.24, 2.45) is 11.8 Å². The van der Waals surface area contributed by atoms with Crippen LogP contribution < -0.4 is 9.47 Å². The van der Waals surface area contributed by atoms with E-state index < -0.39 is 5.97 Å². The van der Waals surface area contributed by atoms with Crippen LogP contribution in [0.25, 0.3) is 0 Å². The van der Waals surface area contributed by atoms with Gasteiger partial charge in [0.2, 0.25) is 0 Å². The summed E-state index contributed by atoms with van der Waals surface area (Å²) in [7, 11) is 1.55. The molecule has 1 amide bonds. The molecule has 1 aromatic rings. The fraction of sp³-hybridized carbons (Fsp3) is 0.556. The number of carboxylic acids is 1. The van der Waals surface area contributed by atoms with Crippen molar-refractivity contribution in [1.29, 1.82) is 0 Å². The minimum Gasteiger partial charge on any atom is -0.493 e. The molecule has 0 saturated carbocycles. The molecule has 0 bridgehead atoms. The van der Waals surface area contributed by atoms with Crippen LogP contribution in [0, 0.1) is 11.8 Å². The SMILES string of the molecule is COc1cc(C(=O)N2CCC(C(=O)O)CC2)ccc1OCC(C)C. The van der Waals surface area contributed by atoms with E-state index in [1.54, 1.807) is 30.2 Å². The zero-order valence-electron chi connectivity index (χ0n) is 14.4. The minimum atomic E-state index is -0.782. The number of aliphatic carboxylic acids is 1. The lowest BCUT2D eigenvalue weighted by Crippen LogP contribution is -2.40. The van der Waals surface area contributed by atoms with E-state index >= 15 is 0 Å². The maximum absolute atomic E-state index is 12.6. The number of carbonyl (C=O) groups is 2. The summed E-state index contributed by atoms with van der Waals surface area (Å²) < 4.78 is 11.0. The van der Waals surface area contributed by atoms with E-state index in [0.29, 0.717) is 55.5 Å². The van der Waals surface area contributed by atoms with Crippen LogP contribution in [-0.4, -0.2) is 48.7 Å². The third-order valence-electron chi connectivity index (χ3n) is 4.11. The predicted molar refractivity (Wildman–Crippen MR) is 89.6 cm³/mol. The standard InChI is InChI=1S/C18H25NO5/c1-12(2)11-24-15-5-4-14(10-16(15)23-3)17(20)19-8-6-13(7-9-19)18(21)22/h4-5,10,12-13H,6-9,11H2,1-3H3,(H,21,22). The van der Waals surface area contributed by atoms with Crippen molar-refractivity contribution in [3.63, 3.8) is 0 Å². The predicted octanol–water partition coefficient (Wildman–Crippen LogP) is 2.67. The van der Waals surface area contributed by atoms with Crippen LogP contribution in [0.1, 0.15) is 37.0 Å². The van der Waals surface area contributed by atoms with E-state index in [2.05, 4.69) is 13.8 Å². The molecule has 0 unspecified atom stereocenters. The zero-order valence-corrected chi connectivity index (χ0v) is 14.4. The van der Waals surface area contributed by atoms with Gasteiger partial charge in [-0.2, -0.15) is 0 Å². The average molecular weight is 335 g/mol. The van der Waals surface area contributed by atoms with Crippen molar-refractivity contribution in [3.05, 3.63) is 23.8 Å². The van der Waals surface area contributed by atoms with Gasteiger partial charge in [-0.25, -0.2) is 0 Å². The molecule has 1 aliphatic heterocycles. The number of hydrogen-bond acceptors (Lipinski definition) is 4. The number of ether oxygens (including phenoxy) is 2. The summed E-state index contributed by atoms with van der Waals surface area (Å²) >= 11 is 0. The van der Waals surface area contributed by atoms with Gasteiger partial charge >= 0.3 is 5.97 Å². The van der Waals surface area contributed by atoms with Gasteiger partial charge in [0.25, 0.3) is 5.91 Å². The molecule has 0 aromatic heterocycles. The van der Waals surface area contributed by atoms with Gasteiger partial charge in [0.05, 0.1) is 19.6 Å². The smallest absolute Gasteiger partial charge is 0.306 e. The number of hydrogen-bond donors (Lipinski definition) is 1.